The highest BCUT2D eigenvalue weighted by Gasteiger charge is 2.32. The Bertz CT molecular complexity index is 1290. The minimum absolute atomic E-state index is 0.0726. The number of carbonyl (C=O) groups excluding carboxylic acids is 2. The van der Waals surface area contributed by atoms with Crippen molar-refractivity contribution < 1.29 is 22.7 Å². The van der Waals surface area contributed by atoms with Gasteiger partial charge >= 0.3 is 0 Å². The minimum atomic E-state index is -4.07. The number of para-hydroxylation sites is 1. The van der Waals surface area contributed by atoms with Crippen LogP contribution in [0.4, 0.5) is 5.69 Å². The topological polar surface area (TPSA) is 96.0 Å². The summed E-state index contributed by atoms with van der Waals surface area (Å²) in [6.45, 7) is 3.09. The number of sulfonamides is 1. The summed E-state index contributed by atoms with van der Waals surface area (Å²) in [5.74, 6) is -0.271. The van der Waals surface area contributed by atoms with E-state index >= 15 is 0 Å². The SMILES string of the molecule is CNC(=O)[C@@H](C)N(Cc1cccc(OC)c1)C(=O)CN(c1ccccc1)S(=O)(=O)c1ccc(C)cc1. The van der Waals surface area contributed by atoms with Crippen molar-refractivity contribution in [2.75, 3.05) is 25.0 Å². The van der Waals surface area contributed by atoms with Gasteiger partial charge in [0, 0.05) is 13.6 Å². The zero-order valence-corrected chi connectivity index (χ0v) is 21.7. The standard InChI is InChI=1S/C27H31N3O5S/c1-20-13-15-25(16-14-20)36(33,34)30(23-10-6-5-7-11-23)19-26(31)29(21(2)27(32)28-3)18-22-9-8-12-24(17-22)35-4/h5-17,21H,18-19H2,1-4H3,(H,28,32)/t21-/m1/s1. The van der Waals surface area contributed by atoms with Crippen LogP contribution in [0.25, 0.3) is 0 Å². The number of rotatable bonds is 10. The number of nitrogens with zero attached hydrogens (tertiary/aromatic N) is 2. The third-order valence-corrected chi connectivity index (χ3v) is 7.62. The molecule has 0 saturated heterocycles. The predicted molar refractivity (Wildman–Crippen MR) is 139 cm³/mol. The fraction of sp³-hybridized carbons (Fsp3) is 0.259. The minimum Gasteiger partial charge on any atom is -0.497 e. The first-order chi connectivity index (χ1) is 17.2. The van der Waals surface area contributed by atoms with Gasteiger partial charge in [0.25, 0.3) is 10.0 Å². The number of aryl methyl sites for hydroxylation is 1. The zero-order valence-electron chi connectivity index (χ0n) is 20.8. The van der Waals surface area contributed by atoms with Crippen molar-refractivity contribution in [3.63, 3.8) is 0 Å². The van der Waals surface area contributed by atoms with Crippen molar-refractivity contribution in [1.82, 2.24) is 10.2 Å². The Hall–Kier alpha value is -3.85. The van der Waals surface area contributed by atoms with Crippen molar-refractivity contribution in [3.05, 3.63) is 90.0 Å². The molecule has 9 heteroatoms. The van der Waals surface area contributed by atoms with Crippen molar-refractivity contribution in [1.29, 1.82) is 0 Å². The monoisotopic (exact) mass is 509 g/mol. The highest BCUT2D eigenvalue weighted by molar-refractivity contribution is 7.92. The van der Waals surface area contributed by atoms with Gasteiger partial charge in [0.15, 0.2) is 0 Å². The van der Waals surface area contributed by atoms with E-state index in [9.17, 15) is 18.0 Å². The Labute approximate surface area is 212 Å². The zero-order chi connectivity index (χ0) is 26.3. The van der Waals surface area contributed by atoms with Gasteiger partial charge in [-0.25, -0.2) is 8.42 Å². The van der Waals surface area contributed by atoms with Crippen LogP contribution in [-0.4, -0.2) is 51.9 Å². The van der Waals surface area contributed by atoms with Crippen molar-refractivity contribution in [2.45, 2.75) is 31.3 Å². The molecule has 0 heterocycles. The van der Waals surface area contributed by atoms with Crippen molar-refractivity contribution in [3.8, 4) is 5.75 Å². The van der Waals surface area contributed by atoms with Gasteiger partial charge in [0.1, 0.15) is 18.3 Å². The smallest absolute Gasteiger partial charge is 0.264 e. The number of hydrogen-bond donors (Lipinski definition) is 1. The molecule has 1 N–H and O–H groups in total. The largest absolute Gasteiger partial charge is 0.497 e. The molecule has 0 aliphatic carbocycles. The molecule has 0 aliphatic heterocycles. The molecule has 0 fully saturated rings. The number of hydrogen-bond acceptors (Lipinski definition) is 5. The highest BCUT2D eigenvalue weighted by Crippen LogP contribution is 2.25. The summed E-state index contributed by atoms with van der Waals surface area (Å²) in [4.78, 5) is 27.6. The van der Waals surface area contributed by atoms with E-state index in [0.29, 0.717) is 11.4 Å². The first kappa shape index (κ1) is 26.7. The molecular formula is C27H31N3O5S. The molecule has 3 aromatic carbocycles. The highest BCUT2D eigenvalue weighted by atomic mass is 32.2. The number of amides is 2. The summed E-state index contributed by atoms with van der Waals surface area (Å²) in [5, 5.41) is 2.57. The van der Waals surface area contributed by atoms with E-state index in [1.165, 1.54) is 24.1 Å². The summed E-state index contributed by atoms with van der Waals surface area (Å²) < 4.78 is 33.7. The van der Waals surface area contributed by atoms with Gasteiger partial charge in [-0.3, -0.25) is 13.9 Å². The molecule has 0 aromatic heterocycles. The average Bonchev–Trinajstić information content (AvgIpc) is 2.90. The lowest BCUT2D eigenvalue weighted by Gasteiger charge is -2.31. The number of nitrogens with one attached hydrogen (secondary N) is 1. The Morgan fingerprint density at radius 3 is 2.25 bits per heavy atom. The molecule has 0 bridgehead atoms. The first-order valence-corrected chi connectivity index (χ1v) is 12.9. The molecule has 0 radical (unpaired) electrons. The molecule has 0 unspecified atom stereocenters. The summed E-state index contributed by atoms with van der Waals surface area (Å²) in [6.07, 6.45) is 0. The second kappa shape index (κ2) is 11.7. The van der Waals surface area contributed by atoms with Crippen LogP contribution >= 0.6 is 0 Å². The van der Waals surface area contributed by atoms with Crippen molar-refractivity contribution in [2.24, 2.45) is 0 Å². The maximum atomic E-state index is 13.7. The fourth-order valence-corrected chi connectivity index (χ4v) is 5.13. The summed E-state index contributed by atoms with van der Waals surface area (Å²) in [6, 6.07) is 21.2. The molecule has 0 spiro atoms. The van der Waals surface area contributed by atoms with Gasteiger partial charge in [-0.1, -0.05) is 48.0 Å². The number of carbonyl (C=O) groups is 2. The lowest BCUT2D eigenvalue weighted by Crippen LogP contribution is -2.50. The van der Waals surface area contributed by atoms with E-state index in [0.717, 1.165) is 15.4 Å². The molecule has 190 valence electrons. The number of anilines is 1. The quantitative estimate of drug-likeness (QED) is 0.452. The maximum Gasteiger partial charge on any atom is 0.264 e. The van der Waals surface area contributed by atoms with Gasteiger partial charge < -0.3 is 15.0 Å². The Morgan fingerprint density at radius 2 is 1.64 bits per heavy atom. The van der Waals surface area contributed by atoms with Gasteiger partial charge in [0.05, 0.1) is 17.7 Å². The third kappa shape index (κ3) is 6.23. The average molecular weight is 510 g/mol. The summed E-state index contributed by atoms with van der Waals surface area (Å²) in [7, 11) is -1.03. The van der Waals surface area contributed by atoms with Crippen molar-refractivity contribution >= 4 is 27.5 Å². The molecule has 0 saturated carbocycles. The predicted octanol–water partition coefficient (Wildman–Crippen LogP) is 3.36. The number of likely N-dealkylation sites (N-methyl/N-ethyl adjacent to an activating group) is 1. The summed E-state index contributed by atoms with van der Waals surface area (Å²) in [5.41, 5.74) is 2.01. The molecule has 8 nitrogen and oxygen atoms in total. The summed E-state index contributed by atoms with van der Waals surface area (Å²) >= 11 is 0. The molecule has 36 heavy (non-hydrogen) atoms. The lowest BCUT2D eigenvalue weighted by molar-refractivity contribution is -0.139. The fourth-order valence-electron chi connectivity index (χ4n) is 3.72. The second-order valence-corrected chi connectivity index (χ2v) is 10.2. The second-order valence-electron chi connectivity index (χ2n) is 8.32. The molecular weight excluding hydrogens is 478 g/mol. The lowest BCUT2D eigenvalue weighted by atomic mass is 10.1. The van der Waals surface area contributed by atoms with Crippen LogP contribution in [0.15, 0.2) is 83.8 Å². The van der Waals surface area contributed by atoms with E-state index in [1.54, 1.807) is 74.7 Å². The number of benzene rings is 3. The Morgan fingerprint density at radius 1 is 0.972 bits per heavy atom. The van der Waals surface area contributed by atoms with Crippen LogP contribution in [-0.2, 0) is 26.2 Å². The Kier molecular flexibility index (Phi) is 8.71. The molecule has 1 atom stereocenters. The first-order valence-electron chi connectivity index (χ1n) is 11.5. The molecule has 0 aliphatic rings. The van der Waals surface area contributed by atoms with E-state index in [1.807, 2.05) is 13.0 Å². The van der Waals surface area contributed by atoms with Gasteiger partial charge in [-0.05, 0) is 55.8 Å². The van der Waals surface area contributed by atoms with E-state index in [2.05, 4.69) is 5.32 Å². The van der Waals surface area contributed by atoms with Crippen LogP contribution in [0.1, 0.15) is 18.1 Å². The number of ether oxygens (including phenoxy) is 1. The maximum absolute atomic E-state index is 13.7. The molecule has 2 amide bonds. The van der Waals surface area contributed by atoms with E-state index in [-0.39, 0.29) is 17.3 Å². The van der Waals surface area contributed by atoms with Crippen LogP contribution in [0.3, 0.4) is 0 Å². The van der Waals surface area contributed by atoms with Gasteiger partial charge in [-0.15, -0.1) is 0 Å². The van der Waals surface area contributed by atoms with E-state index in [4.69, 9.17) is 4.74 Å². The Balaban J connectivity index is 2.00. The van der Waals surface area contributed by atoms with Crippen LogP contribution < -0.4 is 14.4 Å². The van der Waals surface area contributed by atoms with Crippen LogP contribution in [0.5, 0.6) is 5.75 Å². The van der Waals surface area contributed by atoms with Crippen LogP contribution in [0, 0.1) is 6.92 Å². The number of methoxy groups -OCH3 is 1. The normalized spacial score (nSPS) is 11.9. The van der Waals surface area contributed by atoms with E-state index < -0.39 is 28.5 Å². The van der Waals surface area contributed by atoms with Gasteiger partial charge in [-0.2, -0.15) is 0 Å². The van der Waals surface area contributed by atoms with Crippen LogP contribution in [0.2, 0.25) is 0 Å². The molecule has 3 rings (SSSR count). The van der Waals surface area contributed by atoms with Gasteiger partial charge in [0.2, 0.25) is 11.8 Å². The molecule has 3 aromatic rings. The third-order valence-electron chi connectivity index (χ3n) is 5.83.